The second-order valence-corrected chi connectivity index (χ2v) is 6.85. The van der Waals surface area contributed by atoms with Gasteiger partial charge in [0.05, 0.1) is 5.02 Å². The van der Waals surface area contributed by atoms with Crippen LogP contribution in [0.25, 0.3) is 10.8 Å². The van der Waals surface area contributed by atoms with Crippen molar-refractivity contribution in [1.82, 2.24) is 16.2 Å². The number of hydrogen-bond acceptors (Lipinski definition) is 5. The highest BCUT2D eigenvalue weighted by atomic mass is 35.5. The first-order valence-electron chi connectivity index (χ1n) is 8.89. The number of rotatable bonds is 6. The highest BCUT2D eigenvalue weighted by Gasteiger charge is 2.09. The number of benzene rings is 3. The van der Waals surface area contributed by atoms with Gasteiger partial charge in [-0.15, -0.1) is 0 Å². The first-order valence-corrected chi connectivity index (χ1v) is 9.68. The molecule has 30 heavy (non-hydrogen) atoms. The molecule has 9 heteroatoms. The average molecular weight is 444 g/mol. The predicted molar refractivity (Wildman–Crippen MR) is 118 cm³/mol. The summed E-state index contributed by atoms with van der Waals surface area (Å²) in [6, 6.07) is 20.1. The van der Waals surface area contributed by atoms with E-state index in [2.05, 4.69) is 16.2 Å². The molecule has 0 spiro atoms. The molecule has 0 aromatic heterocycles. The topological polar surface area (TPSA) is 88.7 Å². The second kappa shape index (κ2) is 10.4. The highest BCUT2D eigenvalue weighted by Crippen LogP contribution is 2.25. The van der Waals surface area contributed by atoms with E-state index in [1.54, 1.807) is 30.3 Å². The summed E-state index contributed by atoms with van der Waals surface area (Å²) in [4.78, 5) is 23.9. The van der Waals surface area contributed by atoms with Gasteiger partial charge in [-0.2, -0.15) is 0 Å². The fourth-order valence-electron chi connectivity index (χ4n) is 2.53. The van der Waals surface area contributed by atoms with E-state index in [4.69, 9.17) is 33.3 Å². The van der Waals surface area contributed by atoms with Crippen molar-refractivity contribution in [2.45, 2.75) is 0 Å². The molecule has 154 valence electrons. The molecular formula is C21H18ClN3O4S. The number of fused-ring (bicyclic) bond motifs is 1. The number of carbonyl (C=O) groups excluding carboxylic acids is 2. The molecule has 0 heterocycles. The van der Waals surface area contributed by atoms with Crippen molar-refractivity contribution in [3.63, 3.8) is 0 Å². The van der Waals surface area contributed by atoms with Gasteiger partial charge < -0.3 is 9.47 Å². The molecule has 3 rings (SSSR count). The largest absolute Gasteiger partial charge is 0.483 e. The van der Waals surface area contributed by atoms with E-state index in [1.165, 1.54) is 0 Å². The van der Waals surface area contributed by atoms with Crippen molar-refractivity contribution in [3.05, 3.63) is 71.8 Å². The van der Waals surface area contributed by atoms with Crippen LogP contribution in [0.5, 0.6) is 11.5 Å². The Labute approximate surface area is 183 Å². The van der Waals surface area contributed by atoms with E-state index in [0.29, 0.717) is 16.5 Å². The number of nitrogens with one attached hydrogen (secondary N) is 3. The standard InChI is InChI=1S/C21H18ClN3O4S/c22-16-9-3-4-10-18(16)29-13-20(27)24-25-21(30)23-19(26)12-28-17-11-5-7-14-6-1-2-8-15(14)17/h1-11H,12-13H2,(H,24,27)(H2,23,25,26,30). The summed E-state index contributed by atoms with van der Waals surface area (Å²) in [7, 11) is 0. The van der Waals surface area contributed by atoms with Crippen molar-refractivity contribution in [1.29, 1.82) is 0 Å². The molecule has 0 aliphatic carbocycles. The Morgan fingerprint density at radius 1 is 0.800 bits per heavy atom. The minimum absolute atomic E-state index is 0.0763. The molecule has 0 saturated heterocycles. The van der Waals surface area contributed by atoms with E-state index >= 15 is 0 Å². The van der Waals surface area contributed by atoms with Crippen LogP contribution < -0.4 is 25.6 Å². The van der Waals surface area contributed by atoms with Gasteiger partial charge in [0.25, 0.3) is 11.8 Å². The predicted octanol–water partition coefficient (Wildman–Crippen LogP) is 2.97. The Balaban J connectivity index is 1.39. The summed E-state index contributed by atoms with van der Waals surface area (Å²) in [6.07, 6.45) is 0. The Bertz CT molecular complexity index is 1070. The van der Waals surface area contributed by atoms with Crippen LogP contribution in [0, 0.1) is 0 Å². The van der Waals surface area contributed by atoms with Crippen LogP contribution in [0.1, 0.15) is 0 Å². The minimum atomic E-state index is -0.501. The smallest absolute Gasteiger partial charge is 0.276 e. The van der Waals surface area contributed by atoms with E-state index < -0.39 is 11.8 Å². The number of thiocarbonyl (C=S) groups is 1. The van der Waals surface area contributed by atoms with E-state index in [9.17, 15) is 9.59 Å². The number of halogens is 1. The second-order valence-electron chi connectivity index (χ2n) is 6.04. The first-order chi connectivity index (χ1) is 14.5. The third-order valence-corrected chi connectivity index (χ3v) is 4.39. The van der Waals surface area contributed by atoms with Gasteiger partial charge in [0.2, 0.25) is 0 Å². The van der Waals surface area contributed by atoms with Crippen molar-refractivity contribution in [2.24, 2.45) is 0 Å². The monoisotopic (exact) mass is 443 g/mol. The van der Waals surface area contributed by atoms with Gasteiger partial charge in [0, 0.05) is 5.39 Å². The van der Waals surface area contributed by atoms with Gasteiger partial charge in [0.15, 0.2) is 18.3 Å². The van der Waals surface area contributed by atoms with Crippen LogP contribution in [-0.4, -0.2) is 30.1 Å². The molecule has 0 bridgehead atoms. The van der Waals surface area contributed by atoms with Crippen molar-refractivity contribution < 1.29 is 19.1 Å². The number of ether oxygens (including phenoxy) is 2. The van der Waals surface area contributed by atoms with Crippen LogP contribution in [0.4, 0.5) is 0 Å². The molecule has 7 nitrogen and oxygen atoms in total. The summed E-state index contributed by atoms with van der Waals surface area (Å²) in [5, 5.41) is 4.65. The molecular weight excluding hydrogens is 426 g/mol. The van der Waals surface area contributed by atoms with Gasteiger partial charge in [-0.3, -0.25) is 25.8 Å². The summed E-state index contributed by atoms with van der Waals surface area (Å²) in [5.41, 5.74) is 4.75. The average Bonchev–Trinajstić information content (AvgIpc) is 2.75. The number of carbonyl (C=O) groups is 2. The summed E-state index contributed by atoms with van der Waals surface area (Å²) >= 11 is 10.9. The molecule has 3 aromatic rings. The molecule has 0 saturated carbocycles. The van der Waals surface area contributed by atoms with E-state index in [0.717, 1.165) is 10.8 Å². The summed E-state index contributed by atoms with van der Waals surface area (Å²) in [5.74, 6) is 0.00320. The van der Waals surface area contributed by atoms with Crippen LogP contribution in [0.2, 0.25) is 5.02 Å². The van der Waals surface area contributed by atoms with Crippen molar-refractivity contribution in [3.8, 4) is 11.5 Å². The maximum atomic E-state index is 12.0. The molecule has 0 aliphatic heterocycles. The normalized spacial score (nSPS) is 10.2. The summed E-state index contributed by atoms with van der Waals surface area (Å²) in [6.45, 7) is -0.517. The van der Waals surface area contributed by atoms with E-state index in [-0.39, 0.29) is 18.3 Å². The lowest BCUT2D eigenvalue weighted by Crippen LogP contribution is -2.50. The van der Waals surface area contributed by atoms with Crippen LogP contribution in [-0.2, 0) is 9.59 Å². The number of para-hydroxylation sites is 1. The molecule has 3 aromatic carbocycles. The third-order valence-electron chi connectivity index (χ3n) is 3.87. The van der Waals surface area contributed by atoms with Crippen LogP contribution in [0.3, 0.4) is 0 Å². The van der Waals surface area contributed by atoms with Gasteiger partial charge in [-0.05, 0) is 35.8 Å². The quantitative estimate of drug-likeness (QED) is 0.401. The fourth-order valence-corrected chi connectivity index (χ4v) is 2.88. The highest BCUT2D eigenvalue weighted by molar-refractivity contribution is 7.80. The zero-order valence-electron chi connectivity index (χ0n) is 15.7. The molecule has 0 radical (unpaired) electrons. The minimum Gasteiger partial charge on any atom is -0.483 e. The maximum Gasteiger partial charge on any atom is 0.276 e. The Kier molecular flexibility index (Phi) is 7.42. The van der Waals surface area contributed by atoms with Crippen molar-refractivity contribution in [2.75, 3.05) is 13.2 Å². The number of hydrazine groups is 1. The third kappa shape index (κ3) is 6.07. The molecule has 3 N–H and O–H groups in total. The molecule has 0 unspecified atom stereocenters. The SMILES string of the molecule is O=C(COc1ccccc1Cl)NNC(=S)NC(=O)COc1cccc2ccccc12. The van der Waals surface area contributed by atoms with Crippen LogP contribution in [0.15, 0.2) is 66.7 Å². The molecule has 0 aliphatic rings. The first kappa shape index (κ1) is 21.4. The number of hydrogen-bond donors (Lipinski definition) is 3. The van der Waals surface area contributed by atoms with Gasteiger partial charge in [0.1, 0.15) is 11.5 Å². The zero-order valence-corrected chi connectivity index (χ0v) is 17.3. The molecule has 2 amide bonds. The Morgan fingerprint density at radius 3 is 2.27 bits per heavy atom. The fraction of sp³-hybridized carbons (Fsp3) is 0.0952. The van der Waals surface area contributed by atoms with Crippen LogP contribution >= 0.6 is 23.8 Å². The van der Waals surface area contributed by atoms with Gasteiger partial charge in [-0.25, -0.2) is 0 Å². The van der Waals surface area contributed by atoms with Gasteiger partial charge >= 0.3 is 0 Å². The molecule has 0 fully saturated rings. The summed E-state index contributed by atoms with van der Waals surface area (Å²) < 4.78 is 10.9. The van der Waals surface area contributed by atoms with Gasteiger partial charge in [-0.1, -0.05) is 60.1 Å². The lowest BCUT2D eigenvalue weighted by molar-refractivity contribution is -0.124. The lowest BCUT2D eigenvalue weighted by Gasteiger charge is -2.12. The lowest BCUT2D eigenvalue weighted by atomic mass is 10.1. The number of amides is 2. The maximum absolute atomic E-state index is 12.0. The Hall–Kier alpha value is -3.36. The van der Waals surface area contributed by atoms with E-state index in [1.807, 2.05) is 36.4 Å². The Morgan fingerprint density at radius 2 is 1.43 bits per heavy atom. The molecule has 0 atom stereocenters. The van der Waals surface area contributed by atoms with Crippen molar-refractivity contribution >= 4 is 51.5 Å². The zero-order chi connectivity index (χ0) is 21.3.